The maximum atomic E-state index is 13.0. The number of hydrogen-bond acceptors (Lipinski definition) is 4. The molecule has 0 bridgehead atoms. The topological polar surface area (TPSA) is 63.6 Å². The fourth-order valence-electron chi connectivity index (χ4n) is 3.44. The Balaban J connectivity index is 1.54. The number of phenols is 1. The predicted octanol–water partition coefficient (Wildman–Crippen LogP) is 6.68. The number of ether oxygens (including phenoxy) is 1. The third-order valence-corrected chi connectivity index (χ3v) is 7.32. The molecule has 0 aliphatic heterocycles. The molecular weight excluding hydrogens is 408 g/mol. The molecule has 4 aromatic carbocycles. The average Bonchev–Trinajstić information content (AvgIpc) is 2.79. The molecule has 5 heteroatoms. The number of rotatable bonds is 6. The minimum Gasteiger partial charge on any atom is -0.508 e. The Bertz CT molecular complexity index is 1310. The number of aromatic hydroxyl groups is 1. The van der Waals surface area contributed by atoms with Gasteiger partial charge in [0.1, 0.15) is 17.2 Å². The van der Waals surface area contributed by atoms with Crippen molar-refractivity contribution in [1.82, 2.24) is 0 Å². The maximum absolute atomic E-state index is 13.0. The summed E-state index contributed by atoms with van der Waals surface area (Å²) in [5.74, 6) is 1.79. The molecule has 158 valence electrons. The van der Waals surface area contributed by atoms with Crippen LogP contribution in [0.4, 0.5) is 0 Å². The van der Waals surface area contributed by atoms with Crippen LogP contribution in [0, 0.1) is 0 Å². The fraction of sp³-hybridized carbons (Fsp3) is 0.154. The van der Waals surface area contributed by atoms with Gasteiger partial charge in [0, 0.05) is 0 Å². The van der Waals surface area contributed by atoms with E-state index in [1.807, 2.05) is 36.4 Å². The summed E-state index contributed by atoms with van der Waals surface area (Å²) < 4.78 is 31.8. The molecule has 0 saturated heterocycles. The zero-order valence-corrected chi connectivity index (χ0v) is 18.3. The van der Waals surface area contributed by atoms with Crippen LogP contribution in [0.5, 0.6) is 17.2 Å². The van der Waals surface area contributed by atoms with Crippen LogP contribution in [0.3, 0.4) is 0 Å². The SMILES string of the molecule is CCC(C)c1ccc(S(=O)(=O)c2ccc(Oc3ccc4cc(O)ccc4c3)cc2)cc1. The van der Waals surface area contributed by atoms with Crippen molar-refractivity contribution in [1.29, 1.82) is 0 Å². The minimum absolute atomic E-state index is 0.215. The van der Waals surface area contributed by atoms with Crippen LogP contribution in [-0.2, 0) is 9.84 Å². The molecular formula is C26H24O4S. The van der Waals surface area contributed by atoms with Gasteiger partial charge < -0.3 is 9.84 Å². The Kier molecular flexibility index (Phi) is 5.70. The summed E-state index contributed by atoms with van der Waals surface area (Å²) in [6.07, 6.45) is 1.01. The standard InChI is InChI=1S/C26H24O4S/c1-3-18(2)19-6-12-25(13-7-19)31(28,29)26-14-10-23(11-15-26)30-24-9-5-20-16-22(27)8-4-21(20)17-24/h4-18,27H,3H2,1-2H3. The van der Waals surface area contributed by atoms with Crippen molar-refractivity contribution in [3.05, 3.63) is 90.5 Å². The lowest BCUT2D eigenvalue weighted by molar-refractivity contribution is 0.475. The van der Waals surface area contributed by atoms with Crippen molar-refractivity contribution in [2.75, 3.05) is 0 Å². The highest BCUT2D eigenvalue weighted by Crippen LogP contribution is 2.30. The number of phenolic OH excluding ortho intramolecular Hbond substituents is 1. The second-order valence-corrected chi connectivity index (χ2v) is 9.60. The molecule has 1 N–H and O–H groups in total. The van der Waals surface area contributed by atoms with Gasteiger partial charge in [0.05, 0.1) is 9.79 Å². The molecule has 0 spiro atoms. The van der Waals surface area contributed by atoms with Crippen LogP contribution in [-0.4, -0.2) is 13.5 Å². The zero-order valence-electron chi connectivity index (χ0n) is 17.4. The molecule has 4 nitrogen and oxygen atoms in total. The summed E-state index contributed by atoms with van der Waals surface area (Å²) >= 11 is 0. The Labute approximate surface area is 182 Å². The van der Waals surface area contributed by atoms with Crippen molar-refractivity contribution in [3.63, 3.8) is 0 Å². The molecule has 0 aliphatic rings. The third kappa shape index (κ3) is 4.42. The Morgan fingerprint density at radius 3 is 1.97 bits per heavy atom. The molecule has 0 heterocycles. The lowest BCUT2D eigenvalue weighted by atomic mass is 9.99. The fourth-order valence-corrected chi connectivity index (χ4v) is 4.71. The van der Waals surface area contributed by atoms with Gasteiger partial charge in [-0.3, -0.25) is 0 Å². The average molecular weight is 433 g/mol. The highest BCUT2D eigenvalue weighted by molar-refractivity contribution is 7.91. The van der Waals surface area contributed by atoms with E-state index in [-0.39, 0.29) is 15.5 Å². The maximum Gasteiger partial charge on any atom is 0.206 e. The molecule has 0 fully saturated rings. The van der Waals surface area contributed by atoms with Crippen LogP contribution in [0.15, 0.2) is 94.7 Å². The van der Waals surface area contributed by atoms with Gasteiger partial charge in [0.25, 0.3) is 0 Å². The normalized spacial score (nSPS) is 12.6. The van der Waals surface area contributed by atoms with Crippen molar-refractivity contribution in [2.45, 2.75) is 36.0 Å². The van der Waals surface area contributed by atoms with E-state index in [4.69, 9.17) is 4.74 Å². The molecule has 0 radical (unpaired) electrons. The number of hydrogen-bond donors (Lipinski definition) is 1. The minimum atomic E-state index is -3.59. The number of fused-ring (bicyclic) bond motifs is 1. The van der Waals surface area contributed by atoms with Gasteiger partial charge >= 0.3 is 0 Å². The van der Waals surface area contributed by atoms with E-state index in [2.05, 4.69) is 13.8 Å². The third-order valence-electron chi connectivity index (χ3n) is 5.54. The molecule has 0 aromatic heterocycles. The van der Waals surface area contributed by atoms with Gasteiger partial charge in [0.2, 0.25) is 9.84 Å². The quantitative estimate of drug-likeness (QED) is 0.369. The summed E-state index contributed by atoms with van der Waals surface area (Å²) in [5.41, 5.74) is 1.13. The van der Waals surface area contributed by atoms with Crippen molar-refractivity contribution in [3.8, 4) is 17.2 Å². The molecule has 4 rings (SSSR count). The smallest absolute Gasteiger partial charge is 0.206 e. The first-order valence-corrected chi connectivity index (χ1v) is 11.7. The summed E-state index contributed by atoms with van der Waals surface area (Å²) in [6.45, 7) is 4.24. The first-order chi connectivity index (χ1) is 14.9. The first kappa shape index (κ1) is 20.9. The molecule has 4 aromatic rings. The predicted molar refractivity (Wildman–Crippen MR) is 123 cm³/mol. The summed E-state index contributed by atoms with van der Waals surface area (Å²) in [7, 11) is -3.59. The van der Waals surface area contributed by atoms with E-state index < -0.39 is 9.84 Å². The van der Waals surface area contributed by atoms with E-state index in [1.165, 1.54) is 0 Å². The van der Waals surface area contributed by atoms with Gasteiger partial charge in [0.15, 0.2) is 0 Å². The lowest BCUT2D eigenvalue weighted by Gasteiger charge is -2.11. The molecule has 31 heavy (non-hydrogen) atoms. The highest BCUT2D eigenvalue weighted by atomic mass is 32.2. The highest BCUT2D eigenvalue weighted by Gasteiger charge is 2.18. The summed E-state index contributed by atoms with van der Waals surface area (Å²) in [6, 6.07) is 24.2. The van der Waals surface area contributed by atoms with Gasteiger partial charge in [-0.05, 0) is 89.3 Å². The Morgan fingerprint density at radius 1 is 0.774 bits per heavy atom. The van der Waals surface area contributed by atoms with Crippen LogP contribution in [0.25, 0.3) is 10.8 Å². The van der Waals surface area contributed by atoms with E-state index in [0.29, 0.717) is 17.4 Å². The van der Waals surface area contributed by atoms with E-state index >= 15 is 0 Å². The monoisotopic (exact) mass is 432 g/mol. The first-order valence-electron chi connectivity index (χ1n) is 10.2. The van der Waals surface area contributed by atoms with Crippen molar-refractivity contribution >= 4 is 20.6 Å². The molecule has 0 saturated carbocycles. The largest absolute Gasteiger partial charge is 0.508 e. The van der Waals surface area contributed by atoms with Crippen molar-refractivity contribution in [2.24, 2.45) is 0 Å². The summed E-state index contributed by atoms with van der Waals surface area (Å²) in [4.78, 5) is 0.510. The van der Waals surface area contributed by atoms with Gasteiger partial charge in [-0.15, -0.1) is 0 Å². The van der Waals surface area contributed by atoms with Gasteiger partial charge in [-0.2, -0.15) is 0 Å². The van der Waals surface area contributed by atoms with Crippen LogP contribution >= 0.6 is 0 Å². The van der Waals surface area contributed by atoms with E-state index in [9.17, 15) is 13.5 Å². The van der Waals surface area contributed by atoms with Gasteiger partial charge in [-0.1, -0.05) is 38.1 Å². The van der Waals surface area contributed by atoms with Crippen LogP contribution in [0.1, 0.15) is 31.7 Å². The summed E-state index contributed by atoms with van der Waals surface area (Å²) in [5, 5.41) is 11.4. The Hall–Kier alpha value is -3.31. The number of sulfone groups is 1. The van der Waals surface area contributed by atoms with E-state index in [1.54, 1.807) is 48.5 Å². The second-order valence-electron chi connectivity index (χ2n) is 7.65. The molecule has 1 atom stereocenters. The molecule has 0 amide bonds. The number of benzene rings is 4. The van der Waals surface area contributed by atoms with Crippen molar-refractivity contribution < 1.29 is 18.3 Å². The zero-order chi connectivity index (χ0) is 22.0. The van der Waals surface area contributed by atoms with Crippen LogP contribution in [0.2, 0.25) is 0 Å². The Morgan fingerprint density at radius 2 is 1.32 bits per heavy atom. The lowest BCUT2D eigenvalue weighted by Crippen LogP contribution is -2.02. The second kappa shape index (κ2) is 8.44. The molecule has 1 unspecified atom stereocenters. The van der Waals surface area contributed by atoms with E-state index in [0.717, 1.165) is 22.8 Å². The van der Waals surface area contributed by atoms with Gasteiger partial charge in [-0.25, -0.2) is 8.42 Å². The van der Waals surface area contributed by atoms with Crippen LogP contribution < -0.4 is 4.74 Å². The molecule has 0 aliphatic carbocycles.